The van der Waals surface area contributed by atoms with Crippen LogP contribution in [0.4, 0.5) is 0 Å². The second-order valence-electron chi connectivity index (χ2n) is 7.19. The van der Waals surface area contributed by atoms with E-state index in [0.29, 0.717) is 24.3 Å². The van der Waals surface area contributed by atoms with E-state index >= 15 is 0 Å². The first-order valence-corrected chi connectivity index (χ1v) is 9.09. The average molecular weight is 344 g/mol. The first-order chi connectivity index (χ1) is 12.8. The summed E-state index contributed by atoms with van der Waals surface area (Å²) >= 11 is 0. The van der Waals surface area contributed by atoms with Crippen LogP contribution >= 0.6 is 0 Å². The number of carbonyl (C=O) groups is 1. The number of aromatic nitrogens is 3. The largest absolute Gasteiger partial charge is 0.354 e. The number of hydrogen-bond acceptors (Lipinski definition) is 3. The molecule has 130 valence electrons. The van der Waals surface area contributed by atoms with Gasteiger partial charge in [-0.3, -0.25) is 4.79 Å². The highest BCUT2D eigenvalue weighted by Crippen LogP contribution is 2.55. The Bertz CT molecular complexity index is 903. The minimum absolute atomic E-state index is 0.0153. The molecular formula is C21H20N4O. The molecule has 0 radical (unpaired) electrons. The molecule has 0 aliphatic heterocycles. The molecule has 0 fully saturated rings. The summed E-state index contributed by atoms with van der Waals surface area (Å²) in [5, 5.41) is 10.7. The topological polar surface area (TPSA) is 59.8 Å². The predicted molar refractivity (Wildman–Crippen MR) is 97.7 cm³/mol. The molecule has 1 heterocycles. The van der Waals surface area contributed by atoms with E-state index in [2.05, 4.69) is 64.2 Å². The third-order valence-electron chi connectivity index (χ3n) is 5.76. The summed E-state index contributed by atoms with van der Waals surface area (Å²) < 4.78 is 1.55. The van der Waals surface area contributed by atoms with Gasteiger partial charge >= 0.3 is 0 Å². The third-order valence-corrected chi connectivity index (χ3v) is 5.76. The van der Waals surface area contributed by atoms with Gasteiger partial charge in [-0.2, -0.15) is 0 Å². The van der Waals surface area contributed by atoms with Crippen LogP contribution in [-0.4, -0.2) is 27.4 Å². The fraction of sp³-hybridized carbons (Fsp3) is 0.286. The molecule has 1 aromatic heterocycles. The maximum atomic E-state index is 12.3. The summed E-state index contributed by atoms with van der Waals surface area (Å²) in [6.45, 7) is 0.908. The molecule has 3 aromatic rings. The summed E-state index contributed by atoms with van der Waals surface area (Å²) in [6.07, 6.45) is 4.37. The molecule has 5 heteroatoms. The lowest BCUT2D eigenvalue weighted by atomic mass is 9.59. The van der Waals surface area contributed by atoms with Gasteiger partial charge < -0.3 is 5.32 Å². The van der Waals surface area contributed by atoms with Crippen molar-refractivity contribution in [3.63, 3.8) is 0 Å². The Balaban J connectivity index is 1.39. The standard InChI is InChI=1S/C21H20N4O/c26-20(13-25-10-9-23-24-25)22-12-14-11-19-15-5-1-3-7-17(15)21(14)18-8-4-2-6-16(18)19/h1-10,14,19,21H,11-13H2,(H,22,26)/t14-,19?,21?/m0/s1. The van der Waals surface area contributed by atoms with E-state index in [1.165, 1.54) is 22.3 Å². The number of hydrogen-bond donors (Lipinski definition) is 1. The van der Waals surface area contributed by atoms with Crippen molar-refractivity contribution in [3.05, 3.63) is 83.2 Å². The van der Waals surface area contributed by atoms with Crippen LogP contribution in [0.15, 0.2) is 60.9 Å². The van der Waals surface area contributed by atoms with Gasteiger partial charge in [0.15, 0.2) is 0 Å². The maximum Gasteiger partial charge on any atom is 0.241 e. The number of amides is 1. The minimum Gasteiger partial charge on any atom is -0.354 e. The van der Waals surface area contributed by atoms with E-state index in [9.17, 15) is 4.79 Å². The van der Waals surface area contributed by atoms with Crippen molar-refractivity contribution in [2.75, 3.05) is 6.54 Å². The normalized spacial score (nSPS) is 22.5. The quantitative estimate of drug-likeness (QED) is 0.792. The molecule has 0 unspecified atom stereocenters. The van der Waals surface area contributed by atoms with Gasteiger partial charge in [0.25, 0.3) is 0 Å². The summed E-state index contributed by atoms with van der Waals surface area (Å²) in [4.78, 5) is 12.3. The molecular weight excluding hydrogens is 324 g/mol. The van der Waals surface area contributed by atoms with Crippen LogP contribution in [0.1, 0.15) is 40.5 Å². The van der Waals surface area contributed by atoms with Gasteiger partial charge in [-0.1, -0.05) is 53.7 Å². The van der Waals surface area contributed by atoms with Gasteiger partial charge in [0.1, 0.15) is 6.54 Å². The van der Waals surface area contributed by atoms with Gasteiger partial charge in [0.2, 0.25) is 5.91 Å². The molecule has 0 spiro atoms. The van der Waals surface area contributed by atoms with Crippen molar-refractivity contribution in [1.29, 1.82) is 0 Å². The van der Waals surface area contributed by atoms with Gasteiger partial charge in [-0.05, 0) is 34.6 Å². The Morgan fingerprint density at radius 2 is 1.69 bits per heavy atom. The van der Waals surface area contributed by atoms with Crippen molar-refractivity contribution >= 4 is 5.91 Å². The molecule has 3 aliphatic rings. The zero-order valence-corrected chi connectivity index (χ0v) is 14.4. The van der Waals surface area contributed by atoms with E-state index in [1.807, 2.05) is 0 Å². The van der Waals surface area contributed by atoms with E-state index in [4.69, 9.17) is 0 Å². The van der Waals surface area contributed by atoms with Gasteiger partial charge in [0, 0.05) is 24.6 Å². The van der Waals surface area contributed by atoms with E-state index in [1.54, 1.807) is 17.1 Å². The van der Waals surface area contributed by atoms with E-state index in [-0.39, 0.29) is 12.5 Å². The van der Waals surface area contributed by atoms with Crippen molar-refractivity contribution < 1.29 is 4.79 Å². The molecule has 1 atom stereocenters. The third kappa shape index (κ3) is 2.43. The Morgan fingerprint density at radius 3 is 2.31 bits per heavy atom. The zero-order chi connectivity index (χ0) is 17.5. The van der Waals surface area contributed by atoms with Gasteiger partial charge in [0.05, 0.1) is 6.20 Å². The molecule has 1 N–H and O–H groups in total. The Kier molecular flexibility index (Phi) is 3.59. The van der Waals surface area contributed by atoms with Crippen LogP contribution in [0.2, 0.25) is 0 Å². The second kappa shape index (κ2) is 6.09. The van der Waals surface area contributed by atoms with E-state index in [0.717, 1.165) is 6.42 Å². The number of nitrogens with zero attached hydrogens (tertiary/aromatic N) is 3. The number of nitrogens with one attached hydrogen (secondary N) is 1. The van der Waals surface area contributed by atoms with Crippen LogP contribution < -0.4 is 5.32 Å². The average Bonchev–Trinajstić information content (AvgIpc) is 3.19. The molecule has 26 heavy (non-hydrogen) atoms. The Hall–Kier alpha value is -2.95. The highest BCUT2D eigenvalue weighted by molar-refractivity contribution is 5.75. The lowest BCUT2D eigenvalue weighted by Gasteiger charge is -2.45. The van der Waals surface area contributed by atoms with Crippen LogP contribution in [0.5, 0.6) is 0 Å². The number of benzene rings is 2. The minimum atomic E-state index is -0.0153. The van der Waals surface area contributed by atoms with Crippen molar-refractivity contribution in [2.45, 2.75) is 24.8 Å². The van der Waals surface area contributed by atoms with Crippen LogP contribution in [0.25, 0.3) is 0 Å². The lowest BCUT2D eigenvalue weighted by Crippen LogP contribution is -2.40. The van der Waals surface area contributed by atoms with Gasteiger partial charge in [-0.25, -0.2) is 4.68 Å². The summed E-state index contributed by atoms with van der Waals surface area (Å²) in [5.74, 6) is 1.20. The molecule has 2 aromatic carbocycles. The summed E-state index contributed by atoms with van der Waals surface area (Å²) in [7, 11) is 0. The van der Waals surface area contributed by atoms with Crippen molar-refractivity contribution in [1.82, 2.24) is 20.3 Å². The molecule has 5 nitrogen and oxygen atoms in total. The fourth-order valence-corrected chi connectivity index (χ4v) is 4.72. The van der Waals surface area contributed by atoms with Crippen molar-refractivity contribution in [2.24, 2.45) is 5.92 Å². The molecule has 3 aliphatic carbocycles. The smallest absolute Gasteiger partial charge is 0.241 e. The van der Waals surface area contributed by atoms with Gasteiger partial charge in [-0.15, -0.1) is 5.10 Å². The highest BCUT2D eigenvalue weighted by Gasteiger charge is 2.42. The fourth-order valence-electron chi connectivity index (χ4n) is 4.72. The highest BCUT2D eigenvalue weighted by atomic mass is 16.2. The second-order valence-corrected chi connectivity index (χ2v) is 7.19. The lowest BCUT2D eigenvalue weighted by molar-refractivity contribution is -0.122. The van der Waals surface area contributed by atoms with Crippen LogP contribution in [-0.2, 0) is 11.3 Å². The molecule has 0 saturated carbocycles. The number of fused-ring (bicyclic) bond motifs is 1. The monoisotopic (exact) mass is 344 g/mol. The molecule has 1 amide bonds. The maximum absolute atomic E-state index is 12.3. The predicted octanol–water partition coefficient (Wildman–Crippen LogP) is 2.69. The molecule has 0 saturated heterocycles. The summed E-state index contributed by atoms with van der Waals surface area (Å²) in [5.41, 5.74) is 5.78. The zero-order valence-electron chi connectivity index (χ0n) is 14.4. The van der Waals surface area contributed by atoms with Crippen LogP contribution in [0.3, 0.4) is 0 Å². The SMILES string of the molecule is O=C(Cn1ccnn1)NC[C@@H]1CC2c3ccccc3C1c1ccccc12. The van der Waals surface area contributed by atoms with E-state index < -0.39 is 0 Å². The molecule has 2 bridgehead atoms. The number of rotatable bonds is 4. The number of carbonyl (C=O) groups excluding carboxylic acids is 1. The Labute approximate surface area is 152 Å². The van der Waals surface area contributed by atoms with Crippen LogP contribution in [0, 0.1) is 5.92 Å². The van der Waals surface area contributed by atoms with Crippen molar-refractivity contribution in [3.8, 4) is 0 Å². The summed E-state index contributed by atoms with van der Waals surface area (Å²) in [6, 6.07) is 17.6. The first kappa shape index (κ1) is 15.3. The first-order valence-electron chi connectivity index (χ1n) is 9.09. The Morgan fingerprint density at radius 1 is 1.04 bits per heavy atom. The molecule has 6 rings (SSSR count).